The highest BCUT2D eigenvalue weighted by Crippen LogP contribution is 2.28. The molecule has 1 fully saturated rings. The number of rotatable bonds is 4. The standard InChI is InChI=1S/C16H24N2O3S/c1-11(2)15-12(3)21-16(19)18-14(15)10-22(20,17-4)13-8-6-5-7-9-13/h5-9,11-12,14-15H,10H2,1-4H3,(H,18,19)/t12-,14+,15-,22?/m0/s1/i10D/t10-,12+,14-,15+,22?/m1. The summed E-state index contributed by atoms with van der Waals surface area (Å²) < 4.78 is 31.3. The topological polar surface area (TPSA) is 67.8 Å². The van der Waals surface area contributed by atoms with Gasteiger partial charge >= 0.3 is 6.09 Å². The summed E-state index contributed by atoms with van der Waals surface area (Å²) in [5, 5.41) is 2.70. The second kappa shape index (κ2) is 6.69. The Labute approximate surface area is 134 Å². The zero-order valence-electron chi connectivity index (χ0n) is 14.4. The molecule has 1 saturated heterocycles. The number of amides is 1. The molecule has 1 heterocycles. The number of cyclic esters (lactones) is 1. The van der Waals surface area contributed by atoms with Crippen LogP contribution >= 0.6 is 0 Å². The Kier molecular flexibility index (Phi) is 4.66. The van der Waals surface area contributed by atoms with Crippen LogP contribution in [-0.4, -0.2) is 35.2 Å². The Morgan fingerprint density at radius 2 is 2.05 bits per heavy atom. The van der Waals surface area contributed by atoms with Gasteiger partial charge in [-0.1, -0.05) is 32.0 Å². The van der Waals surface area contributed by atoms with E-state index in [9.17, 15) is 9.00 Å². The number of nitrogens with one attached hydrogen (secondary N) is 1. The average Bonchev–Trinajstić information content (AvgIpc) is 2.53. The first kappa shape index (κ1) is 15.3. The van der Waals surface area contributed by atoms with Gasteiger partial charge in [0, 0.05) is 19.2 Å². The quantitative estimate of drug-likeness (QED) is 0.925. The van der Waals surface area contributed by atoms with Crippen molar-refractivity contribution in [2.24, 2.45) is 16.2 Å². The molecule has 1 aliphatic rings. The summed E-state index contributed by atoms with van der Waals surface area (Å²) in [6, 6.07) is 8.23. The normalized spacial score (nSPS) is 29.8. The molecular weight excluding hydrogens is 300 g/mol. The molecule has 1 unspecified atom stereocenters. The zero-order valence-corrected chi connectivity index (χ0v) is 14.2. The van der Waals surface area contributed by atoms with Gasteiger partial charge in [0.15, 0.2) is 0 Å². The van der Waals surface area contributed by atoms with Crippen molar-refractivity contribution in [1.82, 2.24) is 5.32 Å². The van der Waals surface area contributed by atoms with Crippen molar-refractivity contribution >= 4 is 15.8 Å². The van der Waals surface area contributed by atoms with E-state index in [1.165, 1.54) is 7.05 Å². The maximum absolute atomic E-state index is 13.4. The minimum Gasteiger partial charge on any atom is -0.446 e. The summed E-state index contributed by atoms with van der Waals surface area (Å²) in [5.74, 6) is 0.0567. The van der Waals surface area contributed by atoms with Crippen LogP contribution in [-0.2, 0) is 14.5 Å². The molecule has 1 aliphatic heterocycles. The number of ether oxygens (including phenoxy) is 1. The van der Waals surface area contributed by atoms with Crippen LogP contribution in [0, 0.1) is 11.8 Å². The number of carbonyl (C=O) groups is 1. The number of hydrogen-bond acceptors (Lipinski definition) is 4. The van der Waals surface area contributed by atoms with Crippen molar-refractivity contribution in [1.29, 1.82) is 0 Å². The molecule has 1 amide bonds. The van der Waals surface area contributed by atoms with Crippen LogP contribution in [0.4, 0.5) is 4.79 Å². The van der Waals surface area contributed by atoms with E-state index in [2.05, 4.69) is 9.68 Å². The van der Waals surface area contributed by atoms with Crippen molar-refractivity contribution in [2.75, 3.05) is 12.8 Å². The molecule has 0 radical (unpaired) electrons. The van der Waals surface area contributed by atoms with Crippen LogP contribution in [0.25, 0.3) is 0 Å². The fourth-order valence-corrected chi connectivity index (χ4v) is 4.63. The van der Waals surface area contributed by atoms with Crippen molar-refractivity contribution in [3.63, 3.8) is 0 Å². The predicted molar refractivity (Wildman–Crippen MR) is 87.3 cm³/mol. The lowest BCUT2D eigenvalue weighted by molar-refractivity contribution is 0.0128. The van der Waals surface area contributed by atoms with Crippen molar-refractivity contribution in [3.8, 4) is 0 Å². The van der Waals surface area contributed by atoms with Gasteiger partial charge in [0.2, 0.25) is 0 Å². The van der Waals surface area contributed by atoms with E-state index in [1.807, 2.05) is 26.8 Å². The third-order valence-corrected chi connectivity index (χ3v) is 6.14. The van der Waals surface area contributed by atoms with Crippen molar-refractivity contribution in [2.45, 2.75) is 37.8 Å². The lowest BCUT2D eigenvalue weighted by atomic mass is 9.84. The number of hydrogen-bond donors (Lipinski definition) is 1. The summed E-state index contributed by atoms with van der Waals surface area (Å²) in [5.41, 5.74) is -1.07. The Bertz CT molecular complexity index is 671. The van der Waals surface area contributed by atoms with E-state index in [0.717, 1.165) is 0 Å². The molecule has 0 saturated carbocycles. The van der Waals surface area contributed by atoms with Gasteiger partial charge in [-0.2, -0.15) is 0 Å². The van der Waals surface area contributed by atoms with E-state index < -0.39 is 27.6 Å². The minimum atomic E-state index is -2.98. The Morgan fingerprint density at radius 1 is 1.41 bits per heavy atom. The summed E-state index contributed by atoms with van der Waals surface area (Å²) in [6.07, 6.45) is -0.902. The molecule has 1 aromatic rings. The molecule has 5 nitrogen and oxygen atoms in total. The first-order chi connectivity index (χ1) is 10.8. The Hall–Kier alpha value is -1.56. The first-order valence-electron chi connectivity index (χ1n) is 7.97. The summed E-state index contributed by atoms with van der Waals surface area (Å²) >= 11 is 0. The van der Waals surface area contributed by atoms with Crippen LogP contribution in [0.3, 0.4) is 0 Å². The minimum absolute atomic E-state index is 0.110. The molecule has 1 aromatic carbocycles. The summed E-state index contributed by atoms with van der Waals surface area (Å²) in [7, 11) is -1.51. The van der Waals surface area contributed by atoms with Gasteiger partial charge < -0.3 is 10.1 Å². The largest absolute Gasteiger partial charge is 0.446 e. The Morgan fingerprint density at radius 3 is 2.59 bits per heavy atom. The summed E-state index contributed by atoms with van der Waals surface area (Å²) in [6.45, 7) is 5.83. The fraction of sp³-hybridized carbons (Fsp3) is 0.562. The average molecular weight is 325 g/mol. The van der Waals surface area contributed by atoms with Crippen LogP contribution in [0.5, 0.6) is 0 Å². The van der Waals surface area contributed by atoms with Crippen LogP contribution in [0.2, 0.25) is 0 Å². The van der Waals surface area contributed by atoms with Crippen LogP contribution < -0.4 is 5.32 Å². The van der Waals surface area contributed by atoms with Gasteiger partial charge in [-0.15, -0.1) is 0 Å². The van der Waals surface area contributed by atoms with E-state index in [-0.39, 0.29) is 17.9 Å². The molecule has 0 spiro atoms. The van der Waals surface area contributed by atoms with Crippen molar-refractivity contribution in [3.05, 3.63) is 30.3 Å². The molecule has 5 atom stereocenters. The molecule has 6 heteroatoms. The van der Waals surface area contributed by atoms with E-state index in [4.69, 9.17) is 6.11 Å². The molecule has 0 aromatic heterocycles. The van der Waals surface area contributed by atoms with Crippen LogP contribution in [0.15, 0.2) is 39.6 Å². The van der Waals surface area contributed by atoms with Gasteiger partial charge in [-0.3, -0.25) is 0 Å². The second-order valence-corrected chi connectivity index (χ2v) is 8.05. The number of benzene rings is 1. The highest BCUT2D eigenvalue weighted by molar-refractivity contribution is 7.93. The zero-order chi connectivity index (χ0) is 17.2. The molecule has 2 rings (SSSR count). The van der Waals surface area contributed by atoms with Gasteiger partial charge in [0.1, 0.15) is 6.10 Å². The van der Waals surface area contributed by atoms with Gasteiger partial charge in [0.05, 0.1) is 21.5 Å². The predicted octanol–water partition coefficient (Wildman–Crippen LogP) is 2.91. The maximum Gasteiger partial charge on any atom is 0.407 e. The monoisotopic (exact) mass is 325 g/mol. The number of alkyl carbamates (subject to hydrolysis) is 1. The maximum atomic E-state index is 13.4. The molecule has 122 valence electrons. The highest BCUT2D eigenvalue weighted by atomic mass is 32.2. The smallest absolute Gasteiger partial charge is 0.407 e. The lowest BCUT2D eigenvalue weighted by Gasteiger charge is -2.39. The number of carbonyl (C=O) groups excluding carboxylic acids is 1. The molecular formula is C16H24N2O3S. The van der Waals surface area contributed by atoms with Crippen molar-refractivity contribution < 1.29 is 15.1 Å². The first-order valence-corrected chi connectivity index (χ1v) is 8.97. The Balaban J connectivity index is 2.45. The highest BCUT2D eigenvalue weighted by Gasteiger charge is 2.39. The SMILES string of the molecule is [2H][C@H]([C@H]1NC(=O)O[C@@H](C)[C@@H]1C(C)C)S(=O)(=NC)c1ccccc1. The van der Waals surface area contributed by atoms with Gasteiger partial charge in [-0.25, -0.2) is 13.4 Å². The van der Waals surface area contributed by atoms with Gasteiger partial charge in [0.25, 0.3) is 0 Å². The fourth-order valence-electron chi connectivity index (χ4n) is 2.95. The molecule has 0 aliphatic carbocycles. The van der Waals surface area contributed by atoms with Crippen LogP contribution in [0.1, 0.15) is 22.1 Å². The van der Waals surface area contributed by atoms with E-state index in [1.54, 1.807) is 24.3 Å². The van der Waals surface area contributed by atoms with E-state index >= 15 is 0 Å². The molecule has 0 bridgehead atoms. The third-order valence-electron chi connectivity index (χ3n) is 3.99. The second-order valence-electron chi connectivity index (χ2n) is 5.80. The van der Waals surface area contributed by atoms with Gasteiger partial charge in [-0.05, 0) is 25.0 Å². The molecule has 22 heavy (non-hydrogen) atoms. The summed E-state index contributed by atoms with van der Waals surface area (Å²) in [4.78, 5) is 12.3. The third kappa shape index (κ3) is 3.43. The lowest BCUT2D eigenvalue weighted by Crippen LogP contribution is -2.56. The molecule has 1 N–H and O–H groups in total. The number of nitrogens with zero attached hydrogens (tertiary/aromatic N) is 1. The van der Waals surface area contributed by atoms with E-state index in [0.29, 0.717) is 4.90 Å².